The second-order valence-electron chi connectivity index (χ2n) is 7.05. The van der Waals surface area contributed by atoms with Gasteiger partial charge in [-0.1, -0.05) is 41.4 Å². The van der Waals surface area contributed by atoms with Crippen molar-refractivity contribution in [2.45, 2.75) is 20.0 Å². The van der Waals surface area contributed by atoms with E-state index in [1.54, 1.807) is 12.3 Å². The van der Waals surface area contributed by atoms with Crippen molar-refractivity contribution >= 4 is 34.4 Å². The van der Waals surface area contributed by atoms with Crippen molar-refractivity contribution in [1.82, 2.24) is 19.9 Å². The molecule has 156 valence electrons. The largest absolute Gasteiger partial charge is 0.345 e. The van der Waals surface area contributed by atoms with Gasteiger partial charge in [-0.15, -0.1) is 0 Å². The third-order valence-corrected chi connectivity index (χ3v) is 5.18. The quantitative estimate of drug-likeness (QED) is 0.359. The molecule has 0 unspecified atom stereocenters. The van der Waals surface area contributed by atoms with E-state index in [0.717, 1.165) is 22.8 Å². The number of nitrogens with zero attached hydrogens (tertiary/aromatic N) is 4. The number of amides is 1. The Morgan fingerprint density at radius 3 is 2.71 bits per heavy atom. The van der Waals surface area contributed by atoms with Crippen LogP contribution in [0.5, 0.6) is 0 Å². The van der Waals surface area contributed by atoms with Crippen molar-refractivity contribution in [3.63, 3.8) is 0 Å². The van der Waals surface area contributed by atoms with Crippen LogP contribution < -0.4 is 5.32 Å². The average Bonchev–Trinajstić information content (AvgIpc) is 3.11. The molecule has 31 heavy (non-hydrogen) atoms. The number of aromatic nitrogens is 3. The van der Waals surface area contributed by atoms with Gasteiger partial charge in [-0.05, 0) is 36.8 Å². The highest BCUT2D eigenvalue weighted by atomic mass is 35.5. The number of carbonyl (C=O) groups is 1. The van der Waals surface area contributed by atoms with E-state index in [-0.39, 0.29) is 22.8 Å². The number of hydrogen-bond donors (Lipinski definition) is 1. The molecule has 0 radical (unpaired) electrons. The lowest BCUT2D eigenvalue weighted by Crippen LogP contribution is -2.25. The Morgan fingerprint density at radius 1 is 1.19 bits per heavy atom. The van der Waals surface area contributed by atoms with Gasteiger partial charge in [-0.3, -0.25) is 14.9 Å². The first kappa shape index (κ1) is 20.5. The van der Waals surface area contributed by atoms with E-state index in [1.165, 1.54) is 17.7 Å². The van der Waals surface area contributed by atoms with Crippen LogP contribution in [0.15, 0.2) is 60.8 Å². The molecule has 4 rings (SSSR count). The lowest BCUT2D eigenvalue weighted by molar-refractivity contribution is -0.384. The first-order valence-electron chi connectivity index (χ1n) is 9.50. The molecular weight excluding hydrogens is 418 g/mol. The third kappa shape index (κ3) is 4.39. The predicted octanol–water partition coefficient (Wildman–Crippen LogP) is 4.28. The molecule has 0 fully saturated rings. The highest BCUT2D eigenvalue weighted by Crippen LogP contribution is 2.25. The summed E-state index contributed by atoms with van der Waals surface area (Å²) in [5.41, 5.74) is 3.52. The van der Waals surface area contributed by atoms with Crippen LogP contribution in [0.1, 0.15) is 27.3 Å². The van der Waals surface area contributed by atoms with E-state index < -0.39 is 10.8 Å². The zero-order valence-corrected chi connectivity index (χ0v) is 17.3. The number of hydrogen-bond acceptors (Lipinski definition) is 5. The van der Waals surface area contributed by atoms with Crippen molar-refractivity contribution in [2.24, 2.45) is 0 Å². The van der Waals surface area contributed by atoms with Crippen LogP contribution in [-0.4, -0.2) is 25.4 Å². The van der Waals surface area contributed by atoms with E-state index in [1.807, 2.05) is 41.8 Å². The van der Waals surface area contributed by atoms with E-state index in [9.17, 15) is 14.9 Å². The number of carbonyl (C=O) groups excluding carboxylic acids is 1. The van der Waals surface area contributed by atoms with Crippen LogP contribution in [0.25, 0.3) is 11.2 Å². The highest BCUT2D eigenvalue weighted by Gasteiger charge is 2.18. The van der Waals surface area contributed by atoms with Crippen LogP contribution in [0, 0.1) is 17.0 Å². The summed E-state index contributed by atoms with van der Waals surface area (Å²) in [6.45, 7) is 2.71. The van der Waals surface area contributed by atoms with Crippen LogP contribution >= 0.6 is 11.6 Å². The molecule has 2 heterocycles. The zero-order valence-electron chi connectivity index (χ0n) is 16.6. The van der Waals surface area contributed by atoms with Gasteiger partial charge in [0.05, 0.1) is 18.0 Å². The fraction of sp³-hybridized carbons (Fsp3) is 0.136. The molecule has 1 amide bonds. The minimum absolute atomic E-state index is 0.0208. The molecule has 0 aliphatic rings. The number of benzene rings is 2. The summed E-state index contributed by atoms with van der Waals surface area (Å²) >= 11 is 5.83. The third-order valence-electron chi connectivity index (χ3n) is 4.86. The van der Waals surface area contributed by atoms with Gasteiger partial charge >= 0.3 is 0 Å². The number of rotatable bonds is 6. The Bertz CT molecular complexity index is 1280. The Labute approximate surface area is 182 Å². The van der Waals surface area contributed by atoms with Gasteiger partial charge in [0.15, 0.2) is 5.65 Å². The maximum Gasteiger partial charge on any atom is 0.288 e. The van der Waals surface area contributed by atoms with E-state index in [2.05, 4.69) is 15.3 Å². The van der Waals surface area contributed by atoms with Gasteiger partial charge < -0.3 is 9.88 Å². The predicted molar refractivity (Wildman–Crippen MR) is 117 cm³/mol. The fourth-order valence-electron chi connectivity index (χ4n) is 3.24. The number of nitrogens with one attached hydrogen (secondary N) is 1. The van der Waals surface area contributed by atoms with Gasteiger partial charge in [0, 0.05) is 17.8 Å². The number of nitro benzene ring substituents is 1. The summed E-state index contributed by atoms with van der Waals surface area (Å²) in [5, 5.41) is 13.8. The molecule has 4 aromatic rings. The normalized spacial score (nSPS) is 10.9. The second-order valence-corrected chi connectivity index (χ2v) is 7.46. The van der Waals surface area contributed by atoms with Gasteiger partial charge in [-0.25, -0.2) is 9.97 Å². The Hall–Kier alpha value is -3.78. The summed E-state index contributed by atoms with van der Waals surface area (Å²) in [6.07, 6.45) is 1.70. The van der Waals surface area contributed by atoms with Crippen molar-refractivity contribution < 1.29 is 9.72 Å². The summed E-state index contributed by atoms with van der Waals surface area (Å²) in [5.74, 6) is 0.174. The lowest BCUT2D eigenvalue weighted by Gasteiger charge is -2.10. The van der Waals surface area contributed by atoms with E-state index >= 15 is 0 Å². The highest BCUT2D eigenvalue weighted by molar-refractivity contribution is 6.32. The standard InChI is InChI=1S/C22H18ClN5O3/c1-14-4-6-15(7-5-14)13-27-20(26-18-3-2-10-24-21(18)27)12-25-22(29)16-8-9-17(23)19(11-16)28(30)31/h2-11H,12-13H2,1H3,(H,25,29). The number of halogens is 1. The van der Waals surface area contributed by atoms with Gasteiger partial charge in [0.2, 0.25) is 0 Å². The summed E-state index contributed by atoms with van der Waals surface area (Å²) in [7, 11) is 0. The average molecular weight is 436 g/mol. The van der Waals surface area contributed by atoms with Gasteiger partial charge in [-0.2, -0.15) is 0 Å². The molecule has 9 heteroatoms. The van der Waals surface area contributed by atoms with Crippen molar-refractivity contribution in [3.8, 4) is 0 Å². The zero-order chi connectivity index (χ0) is 22.0. The van der Waals surface area contributed by atoms with Crippen molar-refractivity contribution in [3.05, 3.63) is 98.4 Å². The summed E-state index contributed by atoms with van der Waals surface area (Å²) in [6, 6.07) is 15.8. The van der Waals surface area contributed by atoms with E-state index in [0.29, 0.717) is 12.4 Å². The minimum atomic E-state index is -0.619. The summed E-state index contributed by atoms with van der Waals surface area (Å²) in [4.78, 5) is 32.1. The monoisotopic (exact) mass is 435 g/mol. The van der Waals surface area contributed by atoms with Gasteiger partial charge in [0.1, 0.15) is 16.4 Å². The Kier molecular flexibility index (Phi) is 5.64. The van der Waals surface area contributed by atoms with Gasteiger partial charge in [0.25, 0.3) is 11.6 Å². The molecule has 0 spiro atoms. The maximum atomic E-state index is 12.6. The Morgan fingerprint density at radius 2 is 1.97 bits per heavy atom. The lowest BCUT2D eigenvalue weighted by atomic mass is 10.1. The molecule has 0 aliphatic heterocycles. The van der Waals surface area contributed by atoms with Crippen molar-refractivity contribution in [1.29, 1.82) is 0 Å². The number of aryl methyl sites for hydroxylation is 1. The van der Waals surface area contributed by atoms with Crippen LogP contribution in [0.2, 0.25) is 5.02 Å². The first-order chi connectivity index (χ1) is 14.9. The molecule has 0 saturated heterocycles. The molecule has 2 aromatic heterocycles. The number of nitro groups is 1. The van der Waals surface area contributed by atoms with Crippen molar-refractivity contribution in [2.75, 3.05) is 0 Å². The molecule has 0 aliphatic carbocycles. The van der Waals surface area contributed by atoms with Crippen LogP contribution in [-0.2, 0) is 13.1 Å². The molecule has 0 bridgehead atoms. The SMILES string of the molecule is Cc1ccc(Cn2c(CNC(=O)c3ccc(Cl)c([N+](=O)[O-])c3)nc3cccnc32)cc1. The van der Waals surface area contributed by atoms with Crippen LogP contribution in [0.4, 0.5) is 5.69 Å². The van der Waals surface area contributed by atoms with E-state index in [4.69, 9.17) is 11.6 Å². The topological polar surface area (TPSA) is 103 Å². The first-order valence-corrected chi connectivity index (χ1v) is 9.88. The smallest absolute Gasteiger partial charge is 0.288 e. The molecule has 1 N–H and O–H groups in total. The molecule has 0 saturated carbocycles. The summed E-state index contributed by atoms with van der Waals surface area (Å²) < 4.78 is 1.95. The number of pyridine rings is 1. The Balaban J connectivity index is 1.60. The maximum absolute atomic E-state index is 12.6. The molecule has 0 atom stereocenters. The molecule has 2 aromatic carbocycles. The minimum Gasteiger partial charge on any atom is -0.345 e. The molecular formula is C22H18ClN5O3. The fourth-order valence-corrected chi connectivity index (χ4v) is 3.42. The number of fused-ring (bicyclic) bond motifs is 1. The van der Waals surface area contributed by atoms with Crippen LogP contribution in [0.3, 0.4) is 0 Å². The second kappa shape index (κ2) is 8.53. The molecule has 8 nitrogen and oxygen atoms in total. The number of imidazole rings is 1.